The van der Waals surface area contributed by atoms with Gasteiger partial charge in [-0.25, -0.2) is 0 Å². The Kier molecular flexibility index (Phi) is 3.43. The number of hydrogen-bond donors (Lipinski definition) is 1. The predicted molar refractivity (Wildman–Crippen MR) is 22.7 cm³/mol. The Morgan fingerprint density at radius 2 is 2.25 bits per heavy atom. The van der Waals surface area contributed by atoms with Crippen LogP contribution in [0, 0.1) is 0 Å². The molecular weight excluding hydrogens is 92.1 g/mol. The van der Waals surface area contributed by atoms with Crippen LogP contribution in [0.15, 0.2) is 0 Å². The van der Waals surface area contributed by atoms with Crippen molar-refractivity contribution in [2.24, 2.45) is 0 Å². The fraction of sp³-hybridized carbons (Fsp3) is 0. The Labute approximate surface area is 35.6 Å². The van der Waals surface area contributed by atoms with E-state index in [1.54, 1.807) is 0 Å². The summed E-state index contributed by atoms with van der Waals surface area (Å²) in [6.45, 7) is 0. The molecule has 0 rings (SSSR count). The maximum absolute atomic E-state index is 4.00. The van der Waals surface area contributed by atoms with Crippen LogP contribution in [0.3, 0.4) is 0 Å². The molecule has 4 heavy (non-hydrogen) atoms. The van der Waals surface area contributed by atoms with E-state index in [1.807, 2.05) is 5.55 Å². The van der Waals surface area contributed by atoms with Crippen LogP contribution in [0.2, 0.25) is 0 Å². The van der Waals surface area contributed by atoms with Gasteiger partial charge in [-0.05, 0) is 12.2 Å². The van der Waals surface area contributed by atoms with Gasteiger partial charge in [0.25, 0.3) is 5.55 Å². The van der Waals surface area contributed by atoms with Crippen molar-refractivity contribution in [3.8, 4) is 0 Å². The van der Waals surface area contributed by atoms with E-state index in [1.165, 1.54) is 0 Å². The van der Waals surface area contributed by atoms with E-state index in [9.17, 15) is 0 Å². The van der Waals surface area contributed by atoms with Gasteiger partial charge in [0.15, 0.2) is 0 Å². The van der Waals surface area contributed by atoms with Crippen LogP contribution in [-0.2, 0) is 4.18 Å². The lowest BCUT2D eigenvalue weighted by Gasteiger charge is -1.64. The van der Waals surface area contributed by atoms with Crippen LogP contribution < -0.4 is 0 Å². The van der Waals surface area contributed by atoms with Gasteiger partial charge >= 0.3 is 0 Å². The molecule has 0 amide bonds. The van der Waals surface area contributed by atoms with Gasteiger partial charge in [0.1, 0.15) is 0 Å². The minimum Gasteiger partial charge on any atom is -0.412 e. The zero-order valence-electron chi connectivity index (χ0n) is 1.76. The molecule has 3 heteroatoms. The van der Waals surface area contributed by atoms with Gasteiger partial charge in [-0.2, -0.15) is 0 Å². The molecule has 0 atom stereocenters. The molecule has 0 unspecified atom stereocenters. The maximum atomic E-state index is 4.00. The number of rotatable bonds is 1. The van der Waals surface area contributed by atoms with E-state index in [4.69, 9.17) is 0 Å². The average molecular weight is 93.2 g/mol. The number of thiocarbonyl (C=S) groups is 1. The van der Waals surface area contributed by atoms with Gasteiger partial charge in [-0.1, -0.05) is 0 Å². The molecule has 0 heterocycles. The molecule has 0 fully saturated rings. The molecule has 0 aliphatic carbocycles. The average Bonchev–Trinajstić information content (AvgIpc) is 1.37. The summed E-state index contributed by atoms with van der Waals surface area (Å²) in [6.07, 6.45) is 0. The van der Waals surface area contributed by atoms with Gasteiger partial charge in [0.2, 0.25) is 0 Å². The Balaban J connectivity index is 2.30. The summed E-state index contributed by atoms with van der Waals surface area (Å²) in [5, 5.41) is 0. The van der Waals surface area contributed by atoms with E-state index in [2.05, 4.69) is 29.3 Å². The molecule has 0 aromatic rings. The third kappa shape index (κ3) is 2.24. The number of thiol groups is 1. The van der Waals surface area contributed by atoms with Crippen molar-refractivity contribution in [3.05, 3.63) is 0 Å². The lowest BCUT2D eigenvalue weighted by molar-refractivity contribution is 0.704. The van der Waals surface area contributed by atoms with Crippen LogP contribution in [-0.4, -0.2) is 5.55 Å². The van der Waals surface area contributed by atoms with E-state index in [0.717, 1.165) is 0 Å². The summed E-state index contributed by atoms with van der Waals surface area (Å²) in [6, 6.07) is 0. The molecule has 1 nitrogen and oxygen atoms in total. The first-order valence-electron chi connectivity index (χ1n) is 0.591. The van der Waals surface area contributed by atoms with Crippen molar-refractivity contribution >= 4 is 30.7 Å². The van der Waals surface area contributed by atoms with Crippen molar-refractivity contribution in [1.29, 1.82) is 0 Å². The third-order valence-corrected chi connectivity index (χ3v) is 0.335. The normalized spacial score (nSPS) is 5.25. The number of hydrogen-bond acceptors (Lipinski definition) is 3. The molecule has 0 spiro atoms. The van der Waals surface area contributed by atoms with Gasteiger partial charge in [-0.3, -0.25) is 0 Å². The predicted octanol–water partition coefficient (Wildman–Crippen LogP) is 0.682. The maximum Gasteiger partial charge on any atom is 0.255 e. The lowest BCUT2D eigenvalue weighted by Crippen LogP contribution is -1.52. The van der Waals surface area contributed by atoms with Crippen molar-refractivity contribution in [2.45, 2.75) is 0 Å². The van der Waals surface area contributed by atoms with Crippen LogP contribution in [0.25, 0.3) is 0 Å². The molecule has 0 N–H and O–H groups in total. The highest BCUT2D eigenvalue weighted by molar-refractivity contribution is 7.81. The van der Waals surface area contributed by atoms with E-state index < -0.39 is 0 Å². The quantitative estimate of drug-likeness (QED) is 0.290. The highest BCUT2D eigenvalue weighted by Gasteiger charge is 1.46. The summed E-state index contributed by atoms with van der Waals surface area (Å²) in [7, 11) is 0. The topological polar surface area (TPSA) is 9.23 Å². The zero-order chi connectivity index (χ0) is 3.41. The van der Waals surface area contributed by atoms with Gasteiger partial charge < -0.3 is 4.18 Å². The molecule has 0 aromatic carbocycles. The Morgan fingerprint density at radius 1 is 2.00 bits per heavy atom. The second-order valence-corrected chi connectivity index (χ2v) is 0.524. The Hall–Kier alpha value is 0.240. The molecule has 0 saturated heterocycles. The second kappa shape index (κ2) is 3.24. The molecule has 0 bridgehead atoms. The SMILES string of the molecule is S=[C]OS. The van der Waals surface area contributed by atoms with Gasteiger partial charge in [-0.15, -0.1) is 0 Å². The monoisotopic (exact) mass is 92.9 g/mol. The standard InChI is InChI=1S/CHOS2/c3-1-2-4/h4H. The van der Waals surface area contributed by atoms with Crippen LogP contribution in [0.5, 0.6) is 0 Å². The largest absolute Gasteiger partial charge is 0.412 e. The first-order valence-corrected chi connectivity index (χ1v) is 1.36. The Morgan fingerprint density at radius 3 is 2.25 bits per heavy atom. The molecule has 0 aliphatic rings. The van der Waals surface area contributed by atoms with Crippen LogP contribution >= 0.6 is 25.1 Å². The molecule has 0 saturated carbocycles. The second-order valence-electron chi connectivity index (χ2n) is 0.175. The van der Waals surface area contributed by atoms with Crippen molar-refractivity contribution in [2.75, 3.05) is 0 Å². The molecule has 23 valence electrons. The molecule has 0 aromatic heterocycles. The van der Waals surface area contributed by atoms with Gasteiger partial charge in [0, 0.05) is 12.9 Å². The van der Waals surface area contributed by atoms with E-state index in [0.29, 0.717) is 0 Å². The minimum atomic E-state index is 1.88. The van der Waals surface area contributed by atoms with Gasteiger partial charge in [0.05, 0.1) is 0 Å². The molecule has 0 aliphatic heterocycles. The molecule has 1 radical (unpaired) electrons. The van der Waals surface area contributed by atoms with Crippen molar-refractivity contribution < 1.29 is 4.18 Å². The summed E-state index contributed by atoms with van der Waals surface area (Å²) in [5.74, 6) is 0. The first-order chi connectivity index (χ1) is 1.91. The van der Waals surface area contributed by atoms with E-state index >= 15 is 0 Å². The molecular formula is CHOS2. The van der Waals surface area contributed by atoms with Crippen molar-refractivity contribution in [1.82, 2.24) is 0 Å². The summed E-state index contributed by atoms with van der Waals surface area (Å²) in [4.78, 5) is 0. The highest BCUT2D eigenvalue weighted by atomic mass is 32.1. The van der Waals surface area contributed by atoms with Crippen LogP contribution in [0.1, 0.15) is 0 Å². The van der Waals surface area contributed by atoms with Crippen LogP contribution in [0.4, 0.5) is 0 Å². The summed E-state index contributed by atoms with van der Waals surface area (Å²) >= 11 is 7.21. The van der Waals surface area contributed by atoms with E-state index in [-0.39, 0.29) is 0 Å². The third-order valence-electron chi connectivity index (χ3n) is 0.0373. The lowest BCUT2D eigenvalue weighted by atomic mass is 11.7. The summed E-state index contributed by atoms with van der Waals surface area (Å²) in [5.41, 5.74) is 1.88. The summed E-state index contributed by atoms with van der Waals surface area (Å²) < 4.78 is 3.80. The Bertz CT molecular complexity index is 20.0. The fourth-order valence-electron chi connectivity index (χ4n) is 0. The zero-order valence-corrected chi connectivity index (χ0v) is 3.47. The fourth-order valence-corrected chi connectivity index (χ4v) is 0. The minimum absolute atomic E-state index is 1.88. The van der Waals surface area contributed by atoms with Crippen molar-refractivity contribution in [3.63, 3.8) is 0 Å². The smallest absolute Gasteiger partial charge is 0.255 e. The first kappa shape index (κ1) is 4.24. The highest BCUT2D eigenvalue weighted by Crippen LogP contribution is 1.64.